The molecule has 0 saturated carbocycles. The van der Waals surface area contributed by atoms with Crippen molar-refractivity contribution in [3.63, 3.8) is 0 Å². The summed E-state index contributed by atoms with van der Waals surface area (Å²) in [5.41, 5.74) is 1.74. The molecule has 19 heavy (non-hydrogen) atoms. The van der Waals surface area contributed by atoms with Gasteiger partial charge in [-0.15, -0.1) is 0 Å². The molecule has 2 nitrogen and oxygen atoms in total. The summed E-state index contributed by atoms with van der Waals surface area (Å²) in [5.74, 6) is 0.862. The van der Waals surface area contributed by atoms with Gasteiger partial charge in [0.1, 0.15) is 5.75 Å². The Morgan fingerprint density at radius 3 is 2.32 bits per heavy atom. The average molecular weight is 376 g/mol. The van der Waals surface area contributed by atoms with Gasteiger partial charge in [0.05, 0.1) is 0 Å². The van der Waals surface area contributed by atoms with E-state index < -0.39 is 0 Å². The standard InChI is InChI=1S/C16H25IO2/c1-15(2,3)11-16(4,5)12-8-7-9-13(10-12)19-14(17)18-6/h7-10,14H,11H2,1-6H3. The summed E-state index contributed by atoms with van der Waals surface area (Å²) in [6.45, 7) is 11.4. The Balaban J connectivity index is 2.91. The van der Waals surface area contributed by atoms with Crippen molar-refractivity contribution in [1.29, 1.82) is 0 Å². The third-order valence-electron chi connectivity index (χ3n) is 3.00. The number of benzene rings is 1. The second-order valence-corrected chi connectivity index (χ2v) is 7.79. The Morgan fingerprint density at radius 1 is 1.16 bits per heavy atom. The van der Waals surface area contributed by atoms with Gasteiger partial charge in [0.15, 0.2) is 0 Å². The van der Waals surface area contributed by atoms with E-state index in [1.807, 2.05) is 12.1 Å². The van der Waals surface area contributed by atoms with Crippen LogP contribution in [0.1, 0.15) is 46.6 Å². The lowest BCUT2D eigenvalue weighted by Gasteiger charge is -2.33. The van der Waals surface area contributed by atoms with E-state index in [-0.39, 0.29) is 9.71 Å². The van der Waals surface area contributed by atoms with Crippen LogP contribution in [0, 0.1) is 5.41 Å². The maximum Gasteiger partial charge on any atom is 0.251 e. The molecule has 0 spiro atoms. The Kier molecular flexibility index (Phi) is 5.68. The van der Waals surface area contributed by atoms with Crippen LogP contribution in [0.2, 0.25) is 0 Å². The van der Waals surface area contributed by atoms with Crippen LogP contribution in [0.4, 0.5) is 0 Å². The molecule has 1 aromatic rings. The van der Waals surface area contributed by atoms with Gasteiger partial charge in [0, 0.05) is 7.11 Å². The van der Waals surface area contributed by atoms with E-state index in [0.29, 0.717) is 5.41 Å². The molecular weight excluding hydrogens is 351 g/mol. The van der Waals surface area contributed by atoms with Crippen molar-refractivity contribution >= 4 is 22.6 Å². The summed E-state index contributed by atoms with van der Waals surface area (Å²) < 4.78 is 10.6. The van der Waals surface area contributed by atoms with Crippen LogP contribution in [0.5, 0.6) is 5.75 Å². The van der Waals surface area contributed by atoms with Crippen LogP contribution >= 0.6 is 22.6 Å². The molecule has 0 bridgehead atoms. The zero-order chi connectivity index (χ0) is 14.7. The van der Waals surface area contributed by atoms with E-state index in [0.717, 1.165) is 12.2 Å². The van der Waals surface area contributed by atoms with Gasteiger partial charge in [-0.2, -0.15) is 0 Å². The highest BCUT2D eigenvalue weighted by Crippen LogP contribution is 2.37. The number of hydrogen-bond acceptors (Lipinski definition) is 2. The fraction of sp³-hybridized carbons (Fsp3) is 0.625. The molecule has 0 amide bonds. The summed E-state index contributed by atoms with van der Waals surface area (Å²) in [5, 5.41) is 0. The summed E-state index contributed by atoms with van der Waals surface area (Å²) in [7, 11) is 1.64. The number of rotatable bonds is 5. The molecule has 1 atom stereocenters. The van der Waals surface area contributed by atoms with Crippen LogP contribution in [0.25, 0.3) is 0 Å². The Bertz CT molecular complexity index is 407. The molecule has 0 aliphatic carbocycles. The van der Waals surface area contributed by atoms with E-state index in [4.69, 9.17) is 9.47 Å². The van der Waals surface area contributed by atoms with Gasteiger partial charge >= 0.3 is 0 Å². The number of methoxy groups -OCH3 is 1. The van der Waals surface area contributed by atoms with E-state index in [2.05, 4.69) is 69.3 Å². The van der Waals surface area contributed by atoms with E-state index in [9.17, 15) is 0 Å². The molecule has 0 aromatic heterocycles. The first-order valence-corrected chi connectivity index (χ1v) is 7.83. The minimum Gasteiger partial charge on any atom is -0.456 e. The SMILES string of the molecule is COC(I)Oc1cccc(C(C)(C)CC(C)(C)C)c1. The van der Waals surface area contributed by atoms with Gasteiger partial charge in [-0.1, -0.05) is 46.8 Å². The molecule has 0 heterocycles. The van der Waals surface area contributed by atoms with Gasteiger partial charge in [-0.3, -0.25) is 0 Å². The van der Waals surface area contributed by atoms with Crippen molar-refractivity contribution in [2.24, 2.45) is 5.41 Å². The van der Waals surface area contributed by atoms with Crippen molar-refractivity contribution in [1.82, 2.24) is 0 Å². The maximum absolute atomic E-state index is 5.69. The largest absolute Gasteiger partial charge is 0.456 e. The topological polar surface area (TPSA) is 18.5 Å². The quantitative estimate of drug-likeness (QED) is 0.402. The van der Waals surface area contributed by atoms with Gasteiger partial charge in [-0.05, 0) is 57.5 Å². The molecule has 1 rings (SSSR count). The van der Waals surface area contributed by atoms with E-state index in [1.165, 1.54) is 5.56 Å². The van der Waals surface area contributed by atoms with Gasteiger partial charge in [0.2, 0.25) is 0 Å². The van der Waals surface area contributed by atoms with Crippen molar-refractivity contribution in [3.8, 4) is 5.75 Å². The monoisotopic (exact) mass is 376 g/mol. The second kappa shape index (κ2) is 6.44. The lowest BCUT2D eigenvalue weighted by molar-refractivity contribution is 0.0325. The Labute approximate surface area is 131 Å². The van der Waals surface area contributed by atoms with E-state index in [1.54, 1.807) is 7.11 Å². The summed E-state index contributed by atoms with van der Waals surface area (Å²) in [6.07, 6.45) is 1.13. The van der Waals surface area contributed by atoms with Gasteiger partial charge < -0.3 is 9.47 Å². The minimum atomic E-state index is -0.251. The molecule has 108 valence electrons. The highest BCUT2D eigenvalue weighted by molar-refractivity contribution is 14.1. The molecule has 0 fully saturated rings. The lowest BCUT2D eigenvalue weighted by atomic mass is 9.72. The number of hydrogen-bond donors (Lipinski definition) is 0. The fourth-order valence-corrected chi connectivity index (χ4v) is 2.87. The molecule has 0 radical (unpaired) electrons. The van der Waals surface area contributed by atoms with Crippen LogP contribution in [0.15, 0.2) is 24.3 Å². The molecule has 1 aromatic carbocycles. The van der Waals surface area contributed by atoms with Crippen LogP contribution in [0.3, 0.4) is 0 Å². The summed E-state index contributed by atoms with van der Waals surface area (Å²) in [6, 6.07) is 8.32. The normalized spacial score (nSPS) is 14.3. The van der Waals surface area contributed by atoms with Crippen molar-refractivity contribution in [2.45, 2.75) is 50.8 Å². The second-order valence-electron chi connectivity index (χ2n) is 6.78. The van der Waals surface area contributed by atoms with Gasteiger partial charge in [-0.25, -0.2) is 0 Å². The molecular formula is C16H25IO2. The third kappa shape index (κ3) is 5.69. The van der Waals surface area contributed by atoms with Crippen LogP contribution < -0.4 is 4.74 Å². The zero-order valence-electron chi connectivity index (χ0n) is 12.8. The summed E-state index contributed by atoms with van der Waals surface area (Å²) in [4.78, 5) is 0. The van der Waals surface area contributed by atoms with Crippen molar-refractivity contribution in [3.05, 3.63) is 29.8 Å². The first-order valence-electron chi connectivity index (χ1n) is 6.58. The highest BCUT2D eigenvalue weighted by Gasteiger charge is 2.27. The number of ether oxygens (including phenoxy) is 2. The molecule has 1 unspecified atom stereocenters. The Hall–Kier alpha value is -0.290. The molecule has 0 saturated heterocycles. The predicted molar refractivity (Wildman–Crippen MR) is 89.0 cm³/mol. The molecule has 0 aliphatic rings. The molecule has 0 aliphatic heterocycles. The van der Waals surface area contributed by atoms with Gasteiger partial charge in [0.25, 0.3) is 4.30 Å². The maximum atomic E-state index is 5.69. The first-order chi connectivity index (χ1) is 8.64. The third-order valence-corrected chi connectivity index (χ3v) is 3.76. The Morgan fingerprint density at radius 2 is 1.79 bits per heavy atom. The fourth-order valence-electron chi connectivity index (χ4n) is 2.57. The zero-order valence-corrected chi connectivity index (χ0v) is 14.9. The highest BCUT2D eigenvalue weighted by atomic mass is 127. The summed E-state index contributed by atoms with van der Waals surface area (Å²) >= 11 is 2.12. The molecule has 0 N–H and O–H groups in total. The number of alkyl halides is 1. The smallest absolute Gasteiger partial charge is 0.251 e. The van der Waals surface area contributed by atoms with Crippen LogP contribution in [-0.4, -0.2) is 11.4 Å². The average Bonchev–Trinajstić information content (AvgIpc) is 2.26. The van der Waals surface area contributed by atoms with Crippen molar-refractivity contribution < 1.29 is 9.47 Å². The van der Waals surface area contributed by atoms with Crippen LogP contribution in [-0.2, 0) is 10.2 Å². The number of halogens is 1. The minimum absolute atomic E-state index is 0.130. The van der Waals surface area contributed by atoms with E-state index >= 15 is 0 Å². The lowest BCUT2D eigenvalue weighted by Crippen LogP contribution is -2.24. The predicted octanol–water partition coefficient (Wildman–Crippen LogP) is 5.14. The first kappa shape index (κ1) is 16.8. The van der Waals surface area contributed by atoms with Crippen molar-refractivity contribution in [2.75, 3.05) is 7.11 Å². The molecule has 3 heteroatoms.